The molecule has 4 nitrogen and oxygen atoms in total. The largest absolute Gasteiger partial charge is 0.406 e. The molecule has 1 heterocycles. The van der Waals surface area contributed by atoms with Crippen LogP contribution in [0.5, 0.6) is 0 Å². The van der Waals surface area contributed by atoms with Crippen LogP contribution in [0.2, 0.25) is 5.02 Å². The maximum Gasteiger partial charge on any atom is 0.406 e. The molecular weight excluding hydrogens is 489 g/mol. The number of aromatic amines is 1. The summed E-state index contributed by atoms with van der Waals surface area (Å²) in [5.74, 6) is -0.935. The first-order chi connectivity index (χ1) is 12.1. The van der Waals surface area contributed by atoms with Gasteiger partial charge in [0.1, 0.15) is 18.2 Å². The van der Waals surface area contributed by atoms with Gasteiger partial charge in [0.15, 0.2) is 0 Å². The molecule has 10 heteroatoms. The Bertz CT molecular complexity index is 1020. The molecule has 0 spiro atoms. The summed E-state index contributed by atoms with van der Waals surface area (Å²) in [5.41, 5.74) is -0.681. The fraction of sp³-hybridized carbons (Fsp3) is 0.125. The van der Waals surface area contributed by atoms with Crippen LogP contribution in [-0.2, 0) is 0 Å². The van der Waals surface area contributed by atoms with E-state index in [1.165, 1.54) is 30.3 Å². The molecule has 0 unspecified atom stereocenters. The lowest BCUT2D eigenvalue weighted by atomic mass is 10.2. The van der Waals surface area contributed by atoms with E-state index in [1.54, 1.807) is 22.6 Å². The van der Waals surface area contributed by atoms with Crippen LogP contribution in [0, 0.1) is 9.39 Å². The summed E-state index contributed by atoms with van der Waals surface area (Å²) in [6, 6.07) is 7.83. The highest BCUT2D eigenvalue weighted by Crippen LogP contribution is 2.34. The number of fused-ring (bicyclic) bond motifs is 1. The number of H-pyrrole nitrogens is 1. The molecule has 1 aromatic heterocycles. The molecule has 0 saturated heterocycles. The van der Waals surface area contributed by atoms with E-state index >= 15 is 0 Å². The zero-order chi connectivity index (χ0) is 19.1. The molecule has 2 aromatic carbocycles. The maximum atomic E-state index is 13.8. The molecule has 0 aliphatic rings. The minimum Gasteiger partial charge on any atom is -0.316 e. The van der Waals surface area contributed by atoms with Crippen molar-refractivity contribution in [2.75, 3.05) is 11.4 Å². The number of halogens is 6. The molecule has 0 amide bonds. The number of hydrogen-bond acceptors (Lipinski definition) is 3. The highest BCUT2D eigenvalue weighted by Gasteiger charge is 2.33. The van der Waals surface area contributed by atoms with E-state index in [1.807, 2.05) is 0 Å². The second-order valence-corrected chi connectivity index (χ2v) is 7.07. The number of nitrogens with one attached hydrogen (secondary N) is 1. The smallest absolute Gasteiger partial charge is 0.316 e. The van der Waals surface area contributed by atoms with Crippen molar-refractivity contribution in [3.8, 4) is 0 Å². The molecule has 0 radical (unpaired) electrons. The van der Waals surface area contributed by atoms with Crippen LogP contribution < -0.4 is 10.6 Å². The first-order valence-electron chi connectivity index (χ1n) is 7.12. The average molecular weight is 498 g/mol. The first-order valence-corrected chi connectivity index (χ1v) is 8.58. The van der Waals surface area contributed by atoms with Crippen LogP contribution in [0.1, 0.15) is 0 Å². The van der Waals surface area contributed by atoms with Crippen LogP contribution in [0.15, 0.2) is 41.2 Å². The van der Waals surface area contributed by atoms with Gasteiger partial charge in [0.05, 0.1) is 5.52 Å². The van der Waals surface area contributed by atoms with Crippen molar-refractivity contribution in [3.63, 3.8) is 0 Å². The van der Waals surface area contributed by atoms with E-state index in [4.69, 9.17) is 11.6 Å². The SMILES string of the molecule is O=c1nc(N(CC(F)(F)F)c2cc(F)cc(I)c2)c2ccc(Cl)cc2[nH]1. The quantitative estimate of drug-likeness (QED) is 0.408. The van der Waals surface area contributed by atoms with Gasteiger partial charge in [0, 0.05) is 19.7 Å². The first kappa shape index (κ1) is 18.9. The summed E-state index contributed by atoms with van der Waals surface area (Å²) in [7, 11) is 0. The van der Waals surface area contributed by atoms with Crippen LogP contribution >= 0.6 is 34.2 Å². The van der Waals surface area contributed by atoms with E-state index in [2.05, 4.69) is 9.97 Å². The molecule has 0 aliphatic heterocycles. The van der Waals surface area contributed by atoms with E-state index < -0.39 is 24.2 Å². The number of benzene rings is 2. The Balaban J connectivity index is 2.28. The third kappa shape index (κ3) is 4.26. The van der Waals surface area contributed by atoms with Gasteiger partial charge >= 0.3 is 11.9 Å². The summed E-state index contributed by atoms with van der Waals surface area (Å²) in [6.07, 6.45) is -4.61. The van der Waals surface area contributed by atoms with E-state index in [9.17, 15) is 22.4 Å². The van der Waals surface area contributed by atoms with Crippen molar-refractivity contribution < 1.29 is 17.6 Å². The molecule has 0 saturated carbocycles. The highest BCUT2D eigenvalue weighted by molar-refractivity contribution is 14.1. The van der Waals surface area contributed by atoms with E-state index in [0.29, 0.717) is 8.59 Å². The Hall–Kier alpha value is -1.88. The zero-order valence-corrected chi connectivity index (χ0v) is 15.7. The summed E-state index contributed by atoms with van der Waals surface area (Å²) in [4.78, 5) is 18.7. The molecular formula is C16H9ClF4IN3O. The number of rotatable bonds is 3. The maximum absolute atomic E-state index is 13.8. The Morgan fingerprint density at radius 3 is 2.58 bits per heavy atom. The van der Waals surface area contributed by atoms with Gasteiger partial charge in [-0.2, -0.15) is 18.2 Å². The van der Waals surface area contributed by atoms with E-state index in [0.717, 1.165) is 11.0 Å². The molecule has 0 atom stereocenters. The lowest BCUT2D eigenvalue weighted by Crippen LogP contribution is -2.32. The molecule has 3 rings (SSSR count). The monoisotopic (exact) mass is 497 g/mol. The number of anilines is 2. The zero-order valence-electron chi connectivity index (χ0n) is 12.7. The molecule has 0 bridgehead atoms. The molecule has 1 N–H and O–H groups in total. The minimum atomic E-state index is -4.61. The number of nitrogens with zero attached hydrogens (tertiary/aromatic N) is 2. The second kappa shape index (κ2) is 7.03. The lowest BCUT2D eigenvalue weighted by Gasteiger charge is -2.26. The Morgan fingerprint density at radius 2 is 1.92 bits per heavy atom. The van der Waals surface area contributed by atoms with Crippen molar-refractivity contribution in [1.29, 1.82) is 0 Å². The predicted octanol–water partition coefficient (Wildman–Crippen LogP) is 5.02. The van der Waals surface area contributed by atoms with Crippen LogP contribution in [0.3, 0.4) is 0 Å². The van der Waals surface area contributed by atoms with Gasteiger partial charge < -0.3 is 9.88 Å². The fourth-order valence-electron chi connectivity index (χ4n) is 2.48. The summed E-state index contributed by atoms with van der Waals surface area (Å²) in [6.45, 7) is -1.44. The molecule has 136 valence electrons. The van der Waals surface area contributed by atoms with Gasteiger partial charge in [-0.1, -0.05) is 11.6 Å². The Labute approximate surface area is 162 Å². The minimum absolute atomic E-state index is 0.0684. The van der Waals surface area contributed by atoms with Crippen LogP contribution in [0.4, 0.5) is 29.1 Å². The standard InChI is InChI=1S/C16H9ClF4IN3O/c17-8-1-2-12-13(3-8)23-15(26)24-14(12)25(7-16(19,20)21)11-5-9(18)4-10(22)6-11/h1-6H,7H2,(H,23,24,26). The molecule has 3 aromatic rings. The van der Waals surface area contributed by atoms with Gasteiger partial charge in [-0.15, -0.1) is 0 Å². The van der Waals surface area contributed by atoms with Gasteiger partial charge in [-0.05, 0) is 59.0 Å². The van der Waals surface area contributed by atoms with Crippen LogP contribution in [0.25, 0.3) is 10.9 Å². The second-order valence-electron chi connectivity index (χ2n) is 5.38. The molecule has 0 aliphatic carbocycles. The summed E-state index contributed by atoms with van der Waals surface area (Å²) < 4.78 is 53.7. The Kier molecular flexibility index (Phi) is 5.11. The third-order valence-electron chi connectivity index (χ3n) is 3.42. The topological polar surface area (TPSA) is 49.0 Å². The van der Waals surface area contributed by atoms with Gasteiger partial charge in [0.25, 0.3) is 0 Å². The number of alkyl halides is 3. The van der Waals surface area contributed by atoms with Gasteiger partial charge in [-0.25, -0.2) is 9.18 Å². The number of hydrogen-bond donors (Lipinski definition) is 1. The Morgan fingerprint density at radius 1 is 1.19 bits per heavy atom. The summed E-state index contributed by atoms with van der Waals surface area (Å²) in [5, 5.41) is 0.547. The van der Waals surface area contributed by atoms with Gasteiger partial charge in [0.2, 0.25) is 0 Å². The molecule has 0 fully saturated rings. The van der Waals surface area contributed by atoms with Crippen molar-refractivity contribution in [3.05, 3.63) is 61.3 Å². The lowest BCUT2D eigenvalue weighted by molar-refractivity contribution is -0.118. The van der Waals surface area contributed by atoms with Gasteiger partial charge in [-0.3, -0.25) is 0 Å². The van der Waals surface area contributed by atoms with Crippen LogP contribution in [-0.4, -0.2) is 22.7 Å². The predicted molar refractivity (Wildman–Crippen MR) is 99.6 cm³/mol. The van der Waals surface area contributed by atoms with Crippen molar-refractivity contribution in [2.45, 2.75) is 6.18 Å². The average Bonchev–Trinajstić information content (AvgIpc) is 2.49. The normalized spacial score (nSPS) is 11.8. The van der Waals surface area contributed by atoms with Crippen molar-refractivity contribution >= 4 is 56.6 Å². The van der Waals surface area contributed by atoms with Crippen molar-refractivity contribution in [1.82, 2.24) is 9.97 Å². The van der Waals surface area contributed by atoms with E-state index in [-0.39, 0.29) is 22.4 Å². The fourth-order valence-corrected chi connectivity index (χ4v) is 3.27. The third-order valence-corrected chi connectivity index (χ3v) is 4.28. The highest BCUT2D eigenvalue weighted by atomic mass is 127. The molecule has 26 heavy (non-hydrogen) atoms. The number of aromatic nitrogens is 2. The summed E-state index contributed by atoms with van der Waals surface area (Å²) >= 11 is 7.68. The van der Waals surface area contributed by atoms with Crippen molar-refractivity contribution in [2.24, 2.45) is 0 Å².